The molecule has 0 bridgehead atoms. The van der Waals surface area contributed by atoms with Crippen LogP contribution in [0, 0.1) is 5.82 Å². The number of likely N-dealkylation sites (tertiary alicyclic amines) is 1. The summed E-state index contributed by atoms with van der Waals surface area (Å²) in [5, 5.41) is 13.8. The molecule has 7 heteroatoms. The smallest absolute Gasteiger partial charge is 0.274 e. The van der Waals surface area contributed by atoms with E-state index in [9.17, 15) is 19.1 Å². The Bertz CT molecular complexity index is 773. The van der Waals surface area contributed by atoms with Gasteiger partial charge < -0.3 is 10.0 Å². The molecule has 0 spiro atoms. The fraction of sp³-hybridized carbons (Fsp3) is 0.312. The maximum absolute atomic E-state index is 13.0. The Hall–Kier alpha value is -2.54. The van der Waals surface area contributed by atoms with Gasteiger partial charge in [-0.1, -0.05) is 0 Å². The predicted molar refractivity (Wildman–Crippen MR) is 80.9 cm³/mol. The van der Waals surface area contributed by atoms with Crippen molar-refractivity contribution in [2.45, 2.75) is 18.9 Å². The minimum atomic E-state index is -0.532. The number of aliphatic hydroxyl groups is 1. The number of carbonyl (C=O) groups is 1. The van der Waals surface area contributed by atoms with E-state index in [2.05, 4.69) is 5.10 Å². The van der Waals surface area contributed by atoms with Gasteiger partial charge in [0.05, 0.1) is 11.8 Å². The normalized spacial score (nSPS) is 18.0. The van der Waals surface area contributed by atoms with Crippen LogP contribution in [0.5, 0.6) is 0 Å². The number of rotatable bonds is 2. The first-order valence-electron chi connectivity index (χ1n) is 7.38. The topological polar surface area (TPSA) is 75.4 Å². The molecular weight excluding hydrogens is 301 g/mol. The summed E-state index contributed by atoms with van der Waals surface area (Å²) in [6, 6.07) is 7.90. The van der Waals surface area contributed by atoms with Gasteiger partial charge in [0, 0.05) is 19.2 Å². The van der Waals surface area contributed by atoms with Gasteiger partial charge >= 0.3 is 0 Å². The quantitative estimate of drug-likeness (QED) is 0.895. The van der Waals surface area contributed by atoms with Gasteiger partial charge in [-0.3, -0.25) is 9.59 Å². The Labute approximate surface area is 131 Å². The van der Waals surface area contributed by atoms with Crippen LogP contribution in [0.3, 0.4) is 0 Å². The lowest BCUT2D eigenvalue weighted by molar-refractivity contribution is 0.0467. The molecular formula is C16H16FN3O3. The first kappa shape index (κ1) is 15.4. The van der Waals surface area contributed by atoms with Crippen LogP contribution in [0.25, 0.3) is 5.69 Å². The largest absolute Gasteiger partial charge is 0.391 e. The van der Waals surface area contributed by atoms with Crippen molar-refractivity contribution in [3.63, 3.8) is 0 Å². The monoisotopic (exact) mass is 317 g/mol. The van der Waals surface area contributed by atoms with Crippen molar-refractivity contribution in [1.82, 2.24) is 14.7 Å². The fourth-order valence-electron chi connectivity index (χ4n) is 2.59. The summed E-state index contributed by atoms with van der Waals surface area (Å²) in [6.07, 6.45) is 0.868. The lowest BCUT2D eigenvalue weighted by Crippen LogP contribution is -2.43. The number of β-amino-alcohol motifs (C(OH)–C–C–N with tert-alkyl or cyclic N) is 1. The molecule has 3 rings (SSSR count). The second-order valence-corrected chi connectivity index (χ2v) is 5.49. The highest BCUT2D eigenvalue weighted by Crippen LogP contribution is 2.13. The maximum Gasteiger partial charge on any atom is 0.274 e. The molecule has 0 radical (unpaired) electrons. The van der Waals surface area contributed by atoms with Crippen LogP contribution in [0.1, 0.15) is 23.3 Å². The molecule has 2 heterocycles. The van der Waals surface area contributed by atoms with E-state index in [1.807, 2.05) is 0 Å². The van der Waals surface area contributed by atoms with Crippen LogP contribution in [0.15, 0.2) is 41.2 Å². The van der Waals surface area contributed by atoms with Gasteiger partial charge in [-0.15, -0.1) is 0 Å². The molecule has 1 fully saturated rings. The highest BCUT2D eigenvalue weighted by Gasteiger charge is 2.24. The average Bonchev–Trinajstić information content (AvgIpc) is 2.55. The van der Waals surface area contributed by atoms with Crippen LogP contribution in [0.2, 0.25) is 0 Å². The summed E-state index contributed by atoms with van der Waals surface area (Å²) in [7, 11) is 0. The third-order valence-electron chi connectivity index (χ3n) is 3.77. The first-order valence-corrected chi connectivity index (χ1v) is 7.38. The molecule has 2 aromatic rings. The summed E-state index contributed by atoms with van der Waals surface area (Å²) in [5.74, 6) is -0.754. The van der Waals surface area contributed by atoms with Gasteiger partial charge in [-0.2, -0.15) is 9.78 Å². The molecule has 23 heavy (non-hydrogen) atoms. The van der Waals surface area contributed by atoms with Crippen molar-refractivity contribution in [3.8, 4) is 5.69 Å². The van der Waals surface area contributed by atoms with E-state index in [0.29, 0.717) is 18.7 Å². The Balaban J connectivity index is 1.92. The minimum absolute atomic E-state index is 0.114. The number of nitrogens with zero attached hydrogens (tertiary/aromatic N) is 3. The van der Waals surface area contributed by atoms with Crippen molar-refractivity contribution >= 4 is 5.91 Å². The van der Waals surface area contributed by atoms with E-state index < -0.39 is 17.5 Å². The Morgan fingerprint density at radius 1 is 1.22 bits per heavy atom. The number of aromatic nitrogens is 2. The van der Waals surface area contributed by atoms with Crippen LogP contribution in [-0.4, -0.2) is 44.9 Å². The standard InChI is InChI=1S/C16H16FN3O3/c17-11-3-5-12(6-4-11)20-15(22)8-7-14(18-20)16(23)19-9-1-2-13(21)10-19/h3-8,13,21H,1-2,9-10H2. The number of benzene rings is 1. The summed E-state index contributed by atoms with van der Waals surface area (Å²) < 4.78 is 14.1. The van der Waals surface area contributed by atoms with Gasteiger partial charge in [-0.25, -0.2) is 4.39 Å². The molecule has 120 valence electrons. The molecule has 1 aliphatic rings. The van der Waals surface area contributed by atoms with Gasteiger partial charge in [0.1, 0.15) is 11.5 Å². The molecule has 0 saturated carbocycles. The van der Waals surface area contributed by atoms with Gasteiger partial charge in [-0.05, 0) is 43.2 Å². The van der Waals surface area contributed by atoms with Crippen LogP contribution in [-0.2, 0) is 0 Å². The average molecular weight is 317 g/mol. The van der Waals surface area contributed by atoms with E-state index in [1.165, 1.54) is 41.3 Å². The summed E-state index contributed by atoms with van der Waals surface area (Å²) >= 11 is 0. The highest BCUT2D eigenvalue weighted by molar-refractivity contribution is 5.92. The number of aliphatic hydroxyl groups excluding tert-OH is 1. The molecule has 1 aromatic carbocycles. The van der Waals surface area contributed by atoms with Crippen molar-refractivity contribution in [2.75, 3.05) is 13.1 Å². The maximum atomic E-state index is 13.0. The van der Waals surface area contributed by atoms with Gasteiger partial charge in [0.2, 0.25) is 0 Å². The number of carbonyl (C=O) groups excluding carboxylic acids is 1. The zero-order valence-electron chi connectivity index (χ0n) is 12.4. The molecule has 1 unspecified atom stereocenters. The molecule has 6 nitrogen and oxygen atoms in total. The third-order valence-corrected chi connectivity index (χ3v) is 3.77. The molecule has 1 aliphatic heterocycles. The highest BCUT2D eigenvalue weighted by atomic mass is 19.1. The lowest BCUT2D eigenvalue weighted by atomic mass is 10.1. The fourth-order valence-corrected chi connectivity index (χ4v) is 2.59. The second-order valence-electron chi connectivity index (χ2n) is 5.49. The first-order chi connectivity index (χ1) is 11.0. The van der Waals surface area contributed by atoms with E-state index in [4.69, 9.17) is 0 Å². The van der Waals surface area contributed by atoms with E-state index in [-0.39, 0.29) is 18.1 Å². The SMILES string of the molecule is O=C(c1ccc(=O)n(-c2ccc(F)cc2)n1)N1CCCC(O)C1. The van der Waals surface area contributed by atoms with Crippen LogP contribution < -0.4 is 5.56 Å². The number of halogens is 1. The molecule has 1 amide bonds. The van der Waals surface area contributed by atoms with Gasteiger partial charge in [0.25, 0.3) is 11.5 Å². The third kappa shape index (κ3) is 3.29. The Morgan fingerprint density at radius 2 is 1.96 bits per heavy atom. The Kier molecular flexibility index (Phi) is 4.20. The van der Waals surface area contributed by atoms with Crippen molar-refractivity contribution in [1.29, 1.82) is 0 Å². The molecule has 0 aliphatic carbocycles. The number of piperidine rings is 1. The van der Waals surface area contributed by atoms with Crippen molar-refractivity contribution in [3.05, 3.63) is 58.3 Å². The molecule has 1 atom stereocenters. The number of amides is 1. The Morgan fingerprint density at radius 3 is 2.65 bits per heavy atom. The molecule has 1 aromatic heterocycles. The van der Waals surface area contributed by atoms with Crippen LogP contribution in [0.4, 0.5) is 4.39 Å². The van der Waals surface area contributed by atoms with Crippen LogP contribution >= 0.6 is 0 Å². The van der Waals surface area contributed by atoms with Gasteiger partial charge in [0.15, 0.2) is 0 Å². The van der Waals surface area contributed by atoms with E-state index >= 15 is 0 Å². The van der Waals surface area contributed by atoms with Crippen molar-refractivity contribution in [2.24, 2.45) is 0 Å². The lowest BCUT2D eigenvalue weighted by Gasteiger charge is -2.29. The zero-order chi connectivity index (χ0) is 16.4. The van der Waals surface area contributed by atoms with Crippen molar-refractivity contribution < 1.29 is 14.3 Å². The second kappa shape index (κ2) is 6.29. The minimum Gasteiger partial charge on any atom is -0.391 e. The molecule has 1 N–H and O–H groups in total. The molecule has 1 saturated heterocycles. The van der Waals surface area contributed by atoms with E-state index in [1.54, 1.807) is 0 Å². The zero-order valence-corrected chi connectivity index (χ0v) is 12.4. The summed E-state index contributed by atoms with van der Waals surface area (Å²) in [6.45, 7) is 0.809. The predicted octanol–water partition coefficient (Wildman–Crippen LogP) is 0.968. The summed E-state index contributed by atoms with van der Waals surface area (Å²) in [4.78, 5) is 25.9. The number of hydrogen-bond donors (Lipinski definition) is 1. The van der Waals surface area contributed by atoms with E-state index in [0.717, 1.165) is 11.1 Å². The summed E-state index contributed by atoms with van der Waals surface area (Å²) in [5.41, 5.74) is 0.0830. The number of hydrogen-bond acceptors (Lipinski definition) is 4.